The summed E-state index contributed by atoms with van der Waals surface area (Å²) in [4.78, 5) is 25.3. The van der Waals surface area contributed by atoms with Gasteiger partial charge in [-0.25, -0.2) is 0 Å². The van der Waals surface area contributed by atoms with E-state index in [1.54, 1.807) is 4.90 Å². The van der Waals surface area contributed by atoms with Gasteiger partial charge in [-0.15, -0.1) is 0 Å². The van der Waals surface area contributed by atoms with Crippen molar-refractivity contribution in [3.05, 3.63) is 0 Å². The van der Waals surface area contributed by atoms with Crippen LogP contribution in [0.2, 0.25) is 0 Å². The minimum Gasteiger partial charge on any atom is -0.355 e. The van der Waals surface area contributed by atoms with Crippen molar-refractivity contribution in [2.75, 3.05) is 32.7 Å². The molecule has 17 heavy (non-hydrogen) atoms. The van der Waals surface area contributed by atoms with E-state index in [0.29, 0.717) is 13.1 Å². The number of nitrogens with one attached hydrogen (secondary N) is 2. The van der Waals surface area contributed by atoms with Gasteiger partial charge in [0.1, 0.15) is 0 Å². The Hall–Kier alpha value is -1.10. The number of hydrogen-bond donors (Lipinski definition) is 2. The standard InChI is InChI=1S/C12H23N3O2/c1-3-14-11(16)9-15(4-2)12(17)10-5-7-13-8-6-10/h10,13H,3-9H2,1-2H3,(H,14,16). The van der Waals surface area contributed by atoms with Crippen molar-refractivity contribution in [1.29, 1.82) is 0 Å². The minimum atomic E-state index is -0.0726. The second-order valence-corrected chi connectivity index (χ2v) is 4.33. The Morgan fingerprint density at radius 2 is 1.94 bits per heavy atom. The quantitative estimate of drug-likeness (QED) is 0.710. The van der Waals surface area contributed by atoms with E-state index < -0.39 is 0 Å². The summed E-state index contributed by atoms with van der Waals surface area (Å²) in [6, 6.07) is 0. The molecule has 0 aliphatic carbocycles. The Morgan fingerprint density at radius 1 is 1.29 bits per heavy atom. The van der Waals surface area contributed by atoms with Crippen LogP contribution < -0.4 is 10.6 Å². The van der Waals surface area contributed by atoms with E-state index in [-0.39, 0.29) is 24.3 Å². The lowest BCUT2D eigenvalue weighted by molar-refractivity contribution is -0.139. The second-order valence-electron chi connectivity index (χ2n) is 4.33. The molecule has 5 heteroatoms. The predicted molar refractivity (Wildman–Crippen MR) is 66.5 cm³/mol. The van der Waals surface area contributed by atoms with Gasteiger partial charge in [-0.05, 0) is 39.8 Å². The van der Waals surface area contributed by atoms with E-state index >= 15 is 0 Å². The van der Waals surface area contributed by atoms with Crippen LogP contribution in [-0.4, -0.2) is 49.4 Å². The lowest BCUT2D eigenvalue weighted by Crippen LogP contribution is -2.45. The maximum absolute atomic E-state index is 12.2. The normalized spacial score (nSPS) is 16.6. The lowest BCUT2D eigenvalue weighted by Gasteiger charge is -2.28. The van der Waals surface area contributed by atoms with Gasteiger partial charge in [-0.3, -0.25) is 9.59 Å². The summed E-state index contributed by atoms with van der Waals surface area (Å²) in [5.41, 5.74) is 0. The molecule has 0 bridgehead atoms. The summed E-state index contributed by atoms with van der Waals surface area (Å²) in [5.74, 6) is 0.141. The van der Waals surface area contributed by atoms with Crippen LogP contribution in [0.1, 0.15) is 26.7 Å². The Bertz CT molecular complexity index is 262. The second kappa shape index (κ2) is 7.27. The largest absolute Gasteiger partial charge is 0.355 e. The first kappa shape index (κ1) is 14.0. The third-order valence-electron chi connectivity index (χ3n) is 3.09. The molecule has 1 rings (SSSR count). The maximum atomic E-state index is 12.2. The smallest absolute Gasteiger partial charge is 0.239 e. The van der Waals surface area contributed by atoms with Gasteiger partial charge < -0.3 is 15.5 Å². The van der Waals surface area contributed by atoms with Crippen molar-refractivity contribution in [2.24, 2.45) is 5.92 Å². The fraction of sp³-hybridized carbons (Fsp3) is 0.833. The van der Waals surface area contributed by atoms with Gasteiger partial charge in [0.15, 0.2) is 0 Å². The van der Waals surface area contributed by atoms with Crippen LogP contribution in [0.3, 0.4) is 0 Å². The van der Waals surface area contributed by atoms with Crippen molar-refractivity contribution >= 4 is 11.8 Å². The van der Waals surface area contributed by atoms with Crippen LogP contribution in [0.4, 0.5) is 0 Å². The molecule has 0 atom stereocenters. The molecule has 0 aromatic heterocycles. The molecule has 0 saturated carbocycles. The van der Waals surface area contributed by atoms with Crippen molar-refractivity contribution in [3.8, 4) is 0 Å². The van der Waals surface area contributed by atoms with Gasteiger partial charge in [0.25, 0.3) is 0 Å². The van der Waals surface area contributed by atoms with Gasteiger partial charge in [0, 0.05) is 19.0 Å². The zero-order valence-electron chi connectivity index (χ0n) is 10.8. The fourth-order valence-corrected chi connectivity index (χ4v) is 2.10. The average molecular weight is 241 g/mol. The van der Waals surface area contributed by atoms with Gasteiger partial charge >= 0.3 is 0 Å². The number of carbonyl (C=O) groups is 2. The molecule has 98 valence electrons. The number of nitrogens with zero attached hydrogens (tertiary/aromatic N) is 1. The van der Waals surface area contributed by atoms with Gasteiger partial charge in [-0.1, -0.05) is 0 Å². The van der Waals surface area contributed by atoms with Crippen LogP contribution in [0.5, 0.6) is 0 Å². The number of amides is 2. The van der Waals surface area contributed by atoms with Crippen molar-refractivity contribution in [2.45, 2.75) is 26.7 Å². The lowest BCUT2D eigenvalue weighted by atomic mass is 9.96. The average Bonchev–Trinajstić information content (AvgIpc) is 2.36. The summed E-state index contributed by atoms with van der Waals surface area (Å²) in [6.45, 7) is 6.98. The summed E-state index contributed by atoms with van der Waals surface area (Å²) in [7, 11) is 0. The van der Waals surface area contributed by atoms with Gasteiger partial charge in [0.05, 0.1) is 6.54 Å². The molecule has 1 aliphatic heterocycles. The molecular formula is C12H23N3O2. The minimum absolute atomic E-state index is 0.0726. The molecule has 1 saturated heterocycles. The van der Waals surface area contributed by atoms with Crippen LogP contribution in [0, 0.1) is 5.92 Å². The first-order valence-corrected chi connectivity index (χ1v) is 6.45. The van der Waals surface area contributed by atoms with E-state index in [0.717, 1.165) is 25.9 Å². The zero-order chi connectivity index (χ0) is 12.7. The Kier molecular flexibility index (Phi) is 5.97. The predicted octanol–water partition coefficient (Wildman–Crippen LogP) is -0.0294. The fourth-order valence-electron chi connectivity index (χ4n) is 2.10. The first-order valence-electron chi connectivity index (χ1n) is 6.45. The number of likely N-dealkylation sites (N-methyl/N-ethyl adjacent to an activating group) is 2. The molecule has 0 radical (unpaired) electrons. The maximum Gasteiger partial charge on any atom is 0.239 e. The summed E-state index contributed by atoms with van der Waals surface area (Å²) in [5, 5.41) is 5.96. The van der Waals surface area contributed by atoms with E-state index in [9.17, 15) is 9.59 Å². The molecule has 0 spiro atoms. The molecule has 0 aromatic carbocycles. The highest BCUT2D eigenvalue weighted by Crippen LogP contribution is 2.14. The van der Waals surface area contributed by atoms with Crippen molar-refractivity contribution in [1.82, 2.24) is 15.5 Å². The molecule has 1 fully saturated rings. The first-order chi connectivity index (χ1) is 8.19. The zero-order valence-corrected chi connectivity index (χ0v) is 10.8. The van der Waals surface area contributed by atoms with Gasteiger partial charge in [0.2, 0.25) is 11.8 Å². The summed E-state index contributed by atoms with van der Waals surface area (Å²) >= 11 is 0. The molecule has 0 unspecified atom stereocenters. The van der Waals surface area contributed by atoms with E-state index in [4.69, 9.17) is 0 Å². The van der Waals surface area contributed by atoms with Gasteiger partial charge in [-0.2, -0.15) is 0 Å². The SMILES string of the molecule is CCNC(=O)CN(CC)C(=O)C1CCNCC1. The van der Waals surface area contributed by atoms with Crippen LogP contribution in [0.15, 0.2) is 0 Å². The topological polar surface area (TPSA) is 61.4 Å². The number of piperidine rings is 1. The highest BCUT2D eigenvalue weighted by atomic mass is 16.2. The summed E-state index contributed by atoms with van der Waals surface area (Å²) < 4.78 is 0. The molecule has 1 aliphatic rings. The van der Waals surface area contributed by atoms with E-state index in [1.807, 2.05) is 13.8 Å². The van der Waals surface area contributed by atoms with Crippen LogP contribution >= 0.6 is 0 Å². The molecule has 2 amide bonds. The monoisotopic (exact) mass is 241 g/mol. The highest BCUT2D eigenvalue weighted by Gasteiger charge is 2.25. The summed E-state index contributed by atoms with van der Waals surface area (Å²) in [6.07, 6.45) is 1.76. The van der Waals surface area contributed by atoms with E-state index in [1.165, 1.54) is 0 Å². The highest BCUT2D eigenvalue weighted by molar-refractivity contribution is 5.85. The Labute approximate surface area is 103 Å². The number of hydrogen-bond acceptors (Lipinski definition) is 3. The van der Waals surface area contributed by atoms with Crippen molar-refractivity contribution < 1.29 is 9.59 Å². The molecule has 1 heterocycles. The van der Waals surface area contributed by atoms with Crippen molar-refractivity contribution in [3.63, 3.8) is 0 Å². The van der Waals surface area contributed by atoms with Crippen LogP contribution in [-0.2, 0) is 9.59 Å². The molecule has 0 aromatic rings. The third kappa shape index (κ3) is 4.34. The van der Waals surface area contributed by atoms with E-state index in [2.05, 4.69) is 10.6 Å². The number of carbonyl (C=O) groups excluding carboxylic acids is 2. The Balaban J connectivity index is 2.47. The molecular weight excluding hydrogens is 218 g/mol. The molecule has 2 N–H and O–H groups in total. The number of rotatable bonds is 5. The third-order valence-corrected chi connectivity index (χ3v) is 3.09. The molecule has 5 nitrogen and oxygen atoms in total. The van der Waals surface area contributed by atoms with Crippen LogP contribution in [0.25, 0.3) is 0 Å². The Morgan fingerprint density at radius 3 is 2.47 bits per heavy atom.